The van der Waals surface area contributed by atoms with Crippen LogP contribution >= 0.6 is 0 Å². The van der Waals surface area contributed by atoms with E-state index in [2.05, 4.69) is 37.6 Å². The molecule has 0 unspecified atom stereocenters. The van der Waals surface area contributed by atoms with E-state index in [0.29, 0.717) is 24.4 Å². The van der Waals surface area contributed by atoms with Crippen LogP contribution in [0.3, 0.4) is 0 Å². The van der Waals surface area contributed by atoms with Crippen molar-refractivity contribution in [2.45, 2.75) is 34.2 Å². The predicted octanol–water partition coefficient (Wildman–Crippen LogP) is 2.25. The summed E-state index contributed by atoms with van der Waals surface area (Å²) in [6, 6.07) is 0.697. The molecule has 1 heterocycles. The minimum Gasteiger partial charge on any atom is -0.432 e. The second-order valence-electron chi connectivity index (χ2n) is 5.02. The van der Waals surface area contributed by atoms with Gasteiger partial charge in [-0.1, -0.05) is 27.7 Å². The first kappa shape index (κ1) is 13.0. The third-order valence-corrected chi connectivity index (χ3v) is 2.19. The van der Waals surface area contributed by atoms with Crippen LogP contribution in [0.4, 0.5) is 6.01 Å². The van der Waals surface area contributed by atoms with Crippen molar-refractivity contribution in [1.82, 2.24) is 4.98 Å². The monoisotopic (exact) mass is 225 g/mol. The number of hydrogen-bond acceptors (Lipinski definition) is 4. The summed E-state index contributed by atoms with van der Waals surface area (Å²) in [5.41, 5.74) is 6.34. The van der Waals surface area contributed by atoms with Gasteiger partial charge in [-0.3, -0.25) is 0 Å². The first-order valence-electron chi connectivity index (χ1n) is 5.92. The number of nitrogens with two attached hydrogens (primary N) is 1. The molecule has 1 aromatic heterocycles. The molecule has 0 bridgehead atoms. The first-order chi connectivity index (χ1) is 7.52. The molecule has 1 aromatic rings. The standard InChI is InChI=1S/C12H23N3O/c1-9(2)6-15(7-10(3)4)12-14-11(5-13)8-16-12/h8-10H,5-7,13H2,1-4H3. The van der Waals surface area contributed by atoms with E-state index in [-0.39, 0.29) is 0 Å². The molecule has 0 saturated carbocycles. The van der Waals surface area contributed by atoms with E-state index in [4.69, 9.17) is 10.2 Å². The van der Waals surface area contributed by atoms with Gasteiger partial charge in [0.05, 0.1) is 5.69 Å². The van der Waals surface area contributed by atoms with E-state index in [0.717, 1.165) is 18.8 Å². The van der Waals surface area contributed by atoms with Crippen LogP contribution in [0.2, 0.25) is 0 Å². The number of oxazole rings is 1. The maximum Gasteiger partial charge on any atom is 0.297 e. The summed E-state index contributed by atoms with van der Waals surface area (Å²) in [6.07, 6.45) is 1.64. The summed E-state index contributed by atoms with van der Waals surface area (Å²) in [4.78, 5) is 6.56. The van der Waals surface area contributed by atoms with Gasteiger partial charge in [0.15, 0.2) is 0 Å². The lowest BCUT2D eigenvalue weighted by Crippen LogP contribution is -2.31. The number of rotatable bonds is 6. The zero-order chi connectivity index (χ0) is 12.1. The van der Waals surface area contributed by atoms with Gasteiger partial charge in [0.2, 0.25) is 0 Å². The van der Waals surface area contributed by atoms with E-state index in [9.17, 15) is 0 Å². The maximum absolute atomic E-state index is 5.52. The molecule has 4 nitrogen and oxygen atoms in total. The molecule has 0 radical (unpaired) electrons. The zero-order valence-electron chi connectivity index (χ0n) is 10.7. The van der Waals surface area contributed by atoms with Crippen molar-refractivity contribution in [2.24, 2.45) is 17.6 Å². The molecule has 0 aliphatic heterocycles. The molecule has 0 fully saturated rings. The molecule has 2 N–H and O–H groups in total. The highest BCUT2D eigenvalue weighted by Gasteiger charge is 2.15. The summed E-state index contributed by atoms with van der Waals surface area (Å²) < 4.78 is 5.45. The van der Waals surface area contributed by atoms with Crippen molar-refractivity contribution in [3.05, 3.63) is 12.0 Å². The predicted molar refractivity (Wildman–Crippen MR) is 66.3 cm³/mol. The first-order valence-corrected chi connectivity index (χ1v) is 5.92. The molecule has 92 valence electrons. The van der Waals surface area contributed by atoms with Gasteiger partial charge in [0, 0.05) is 19.6 Å². The molecule has 16 heavy (non-hydrogen) atoms. The highest BCUT2D eigenvalue weighted by molar-refractivity contribution is 5.27. The Kier molecular flexibility index (Phi) is 4.80. The van der Waals surface area contributed by atoms with E-state index >= 15 is 0 Å². The van der Waals surface area contributed by atoms with Crippen LogP contribution in [-0.2, 0) is 6.54 Å². The number of aromatic nitrogens is 1. The third-order valence-electron chi connectivity index (χ3n) is 2.19. The molecule has 0 saturated heterocycles. The summed E-state index contributed by atoms with van der Waals surface area (Å²) in [7, 11) is 0. The summed E-state index contributed by atoms with van der Waals surface area (Å²) in [5.74, 6) is 1.18. The lowest BCUT2D eigenvalue weighted by molar-refractivity contribution is 0.480. The second-order valence-corrected chi connectivity index (χ2v) is 5.02. The average Bonchev–Trinajstić information content (AvgIpc) is 2.63. The van der Waals surface area contributed by atoms with Crippen LogP contribution in [0.5, 0.6) is 0 Å². The molecule has 0 aliphatic rings. The van der Waals surface area contributed by atoms with E-state index < -0.39 is 0 Å². The Bertz CT molecular complexity index is 297. The van der Waals surface area contributed by atoms with Crippen LogP contribution in [0, 0.1) is 11.8 Å². The minimum absolute atomic E-state index is 0.431. The Morgan fingerprint density at radius 3 is 2.19 bits per heavy atom. The number of hydrogen-bond donors (Lipinski definition) is 1. The van der Waals surface area contributed by atoms with Crippen molar-refractivity contribution in [3.63, 3.8) is 0 Å². The molecule has 0 aliphatic carbocycles. The molecular weight excluding hydrogens is 202 g/mol. The van der Waals surface area contributed by atoms with Gasteiger partial charge in [0.25, 0.3) is 6.01 Å². The van der Waals surface area contributed by atoms with Gasteiger partial charge < -0.3 is 15.1 Å². The Labute approximate surface area is 97.8 Å². The highest BCUT2D eigenvalue weighted by atomic mass is 16.4. The Morgan fingerprint density at radius 1 is 1.25 bits per heavy atom. The van der Waals surface area contributed by atoms with E-state index in [1.807, 2.05) is 0 Å². The zero-order valence-corrected chi connectivity index (χ0v) is 10.7. The molecule has 0 atom stereocenters. The van der Waals surface area contributed by atoms with Gasteiger partial charge in [-0.15, -0.1) is 0 Å². The smallest absolute Gasteiger partial charge is 0.297 e. The average molecular weight is 225 g/mol. The highest BCUT2D eigenvalue weighted by Crippen LogP contribution is 2.16. The second kappa shape index (κ2) is 5.89. The summed E-state index contributed by atoms with van der Waals surface area (Å²) in [5, 5.41) is 0. The van der Waals surface area contributed by atoms with Gasteiger partial charge in [-0.25, -0.2) is 0 Å². The van der Waals surface area contributed by atoms with Crippen molar-refractivity contribution in [2.75, 3.05) is 18.0 Å². The SMILES string of the molecule is CC(C)CN(CC(C)C)c1nc(CN)co1. The van der Waals surface area contributed by atoms with Crippen LogP contribution < -0.4 is 10.6 Å². The fourth-order valence-corrected chi connectivity index (χ4v) is 1.65. The van der Waals surface area contributed by atoms with Crippen molar-refractivity contribution in [3.8, 4) is 0 Å². The van der Waals surface area contributed by atoms with Gasteiger partial charge in [0.1, 0.15) is 6.26 Å². The van der Waals surface area contributed by atoms with Gasteiger partial charge in [-0.05, 0) is 11.8 Å². The fraction of sp³-hybridized carbons (Fsp3) is 0.750. The lowest BCUT2D eigenvalue weighted by Gasteiger charge is -2.24. The number of nitrogens with zero attached hydrogens (tertiary/aromatic N) is 2. The molecule has 1 rings (SSSR count). The van der Waals surface area contributed by atoms with Crippen LogP contribution in [0.15, 0.2) is 10.7 Å². The van der Waals surface area contributed by atoms with Crippen molar-refractivity contribution in [1.29, 1.82) is 0 Å². The molecule has 0 amide bonds. The topological polar surface area (TPSA) is 55.3 Å². The Balaban J connectivity index is 2.74. The van der Waals surface area contributed by atoms with Crippen molar-refractivity contribution >= 4 is 6.01 Å². The fourth-order valence-electron chi connectivity index (χ4n) is 1.65. The summed E-state index contributed by atoms with van der Waals surface area (Å²) >= 11 is 0. The lowest BCUT2D eigenvalue weighted by atomic mass is 10.1. The number of anilines is 1. The van der Waals surface area contributed by atoms with Crippen LogP contribution in [0.1, 0.15) is 33.4 Å². The maximum atomic E-state index is 5.52. The van der Waals surface area contributed by atoms with E-state index in [1.165, 1.54) is 0 Å². The minimum atomic E-state index is 0.431. The Morgan fingerprint density at radius 2 is 1.81 bits per heavy atom. The van der Waals surface area contributed by atoms with Gasteiger partial charge in [-0.2, -0.15) is 4.98 Å². The molecule has 0 aromatic carbocycles. The Hall–Kier alpha value is -1.03. The van der Waals surface area contributed by atoms with Crippen LogP contribution in [-0.4, -0.2) is 18.1 Å². The molecular formula is C12H23N3O. The third kappa shape index (κ3) is 3.85. The largest absolute Gasteiger partial charge is 0.432 e. The normalized spacial score (nSPS) is 11.4. The quantitative estimate of drug-likeness (QED) is 0.806. The van der Waals surface area contributed by atoms with Crippen LogP contribution in [0.25, 0.3) is 0 Å². The molecule has 4 heteroatoms. The van der Waals surface area contributed by atoms with Crippen molar-refractivity contribution < 1.29 is 4.42 Å². The van der Waals surface area contributed by atoms with Gasteiger partial charge >= 0.3 is 0 Å². The molecule has 0 spiro atoms. The van der Waals surface area contributed by atoms with E-state index in [1.54, 1.807) is 6.26 Å². The summed E-state index contributed by atoms with van der Waals surface area (Å²) in [6.45, 7) is 11.1.